The summed E-state index contributed by atoms with van der Waals surface area (Å²) in [7, 11) is 1.35. The first kappa shape index (κ1) is 22.6. The SMILES string of the molecule is COc1c(F)c(Br)c(F)c2nc(OC[C@@]34CCCN3C[C@H](F)C4)nc(N3CC4CCC(C3)N4)c12. The van der Waals surface area contributed by atoms with Gasteiger partial charge in [0.15, 0.2) is 17.4 Å². The lowest BCUT2D eigenvalue weighted by Crippen LogP contribution is -2.51. The molecule has 184 valence electrons. The predicted molar refractivity (Wildman–Crippen MR) is 124 cm³/mol. The molecule has 2 unspecified atom stereocenters. The quantitative estimate of drug-likeness (QED) is 0.580. The molecule has 7 nitrogen and oxygen atoms in total. The molecule has 4 aliphatic heterocycles. The number of methoxy groups -OCH3 is 1. The summed E-state index contributed by atoms with van der Waals surface area (Å²) in [6.07, 6.45) is 3.45. The van der Waals surface area contributed by atoms with E-state index in [0.717, 1.165) is 32.2 Å². The average Bonchev–Trinajstić information content (AvgIpc) is 3.47. The first-order valence-corrected chi connectivity index (χ1v) is 12.6. The highest BCUT2D eigenvalue weighted by Crippen LogP contribution is 2.43. The van der Waals surface area contributed by atoms with Gasteiger partial charge in [-0.1, -0.05) is 0 Å². The molecular formula is C23H27BrF3N5O2. The Morgan fingerprint density at radius 1 is 1.15 bits per heavy atom. The minimum absolute atomic E-state index is 0.0105. The zero-order chi connectivity index (χ0) is 23.6. The Labute approximate surface area is 204 Å². The van der Waals surface area contributed by atoms with E-state index >= 15 is 4.39 Å². The number of halogens is 4. The predicted octanol–water partition coefficient (Wildman–Crippen LogP) is 3.57. The fraction of sp³-hybridized carbons (Fsp3) is 0.652. The fourth-order valence-corrected chi connectivity index (χ4v) is 6.68. The van der Waals surface area contributed by atoms with Gasteiger partial charge in [-0.2, -0.15) is 9.97 Å². The van der Waals surface area contributed by atoms with Gasteiger partial charge in [-0.3, -0.25) is 4.90 Å². The molecular weight excluding hydrogens is 515 g/mol. The minimum atomic E-state index is -0.881. The number of rotatable bonds is 5. The van der Waals surface area contributed by atoms with E-state index in [4.69, 9.17) is 9.47 Å². The van der Waals surface area contributed by atoms with Crippen molar-refractivity contribution in [3.63, 3.8) is 0 Å². The van der Waals surface area contributed by atoms with Crippen molar-refractivity contribution in [3.05, 3.63) is 16.1 Å². The fourth-order valence-electron chi connectivity index (χ4n) is 6.31. The number of piperazine rings is 1. The average molecular weight is 542 g/mol. The minimum Gasteiger partial charge on any atom is -0.493 e. The molecule has 4 saturated heterocycles. The third-order valence-corrected chi connectivity index (χ3v) is 8.54. The van der Waals surface area contributed by atoms with Gasteiger partial charge < -0.3 is 19.7 Å². The van der Waals surface area contributed by atoms with Crippen molar-refractivity contribution in [1.82, 2.24) is 20.2 Å². The van der Waals surface area contributed by atoms with E-state index in [1.54, 1.807) is 0 Å². The van der Waals surface area contributed by atoms with Crippen LogP contribution in [-0.2, 0) is 0 Å². The van der Waals surface area contributed by atoms with E-state index < -0.39 is 17.8 Å². The zero-order valence-electron chi connectivity index (χ0n) is 18.9. The molecule has 4 atom stereocenters. The summed E-state index contributed by atoms with van der Waals surface area (Å²) in [6.45, 7) is 2.80. The van der Waals surface area contributed by atoms with E-state index in [0.29, 0.717) is 31.9 Å². The number of benzene rings is 1. The van der Waals surface area contributed by atoms with E-state index in [1.165, 1.54) is 7.11 Å². The van der Waals surface area contributed by atoms with E-state index in [-0.39, 0.29) is 51.4 Å². The molecule has 1 N–H and O–H groups in total. The first-order chi connectivity index (χ1) is 16.4. The summed E-state index contributed by atoms with van der Waals surface area (Å²) in [5, 5.41) is 3.75. The molecule has 4 fully saturated rings. The smallest absolute Gasteiger partial charge is 0.319 e. The summed E-state index contributed by atoms with van der Waals surface area (Å²) < 4.78 is 55.5. The maximum absolute atomic E-state index is 15.3. The van der Waals surface area contributed by atoms with Crippen molar-refractivity contribution < 1.29 is 22.6 Å². The number of hydrogen-bond acceptors (Lipinski definition) is 7. The summed E-state index contributed by atoms with van der Waals surface area (Å²) in [5.41, 5.74) is -0.447. The van der Waals surface area contributed by atoms with E-state index in [2.05, 4.69) is 36.1 Å². The Hall–Kier alpha value is -1.85. The molecule has 0 spiro atoms. The lowest BCUT2D eigenvalue weighted by Gasteiger charge is -2.35. The van der Waals surface area contributed by atoms with Gasteiger partial charge in [-0.15, -0.1) is 0 Å². The highest BCUT2D eigenvalue weighted by molar-refractivity contribution is 9.10. The van der Waals surface area contributed by atoms with Crippen molar-refractivity contribution in [2.75, 3.05) is 44.8 Å². The van der Waals surface area contributed by atoms with Crippen molar-refractivity contribution in [3.8, 4) is 11.8 Å². The second kappa shape index (κ2) is 8.37. The van der Waals surface area contributed by atoms with Crippen molar-refractivity contribution >= 4 is 32.7 Å². The summed E-state index contributed by atoms with van der Waals surface area (Å²) in [6, 6.07) is 0.585. The number of hydrogen-bond donors (Lipinski definition) is 1. The molecule has 0 radical (unpaired) electrons. The standard InChI is InChI=1S/C23H27BrF3N5O2/c1-33-20-15-19(17(26)16(24)18(20)27)29-22(30-21(15)31-9-13-3-4-14(10-31)28-13)34-11-23-5-2-6-32(23)8-12(25)7-23/h12-14,28H,2-11H2,1H3/t12-,13?,14?,23+/m1/s1. The zero-order valence-corrected chi connectivity index (χ0v) is 20.5. The highest BCUT2D eigenvalue weighted by atomic mass is 79.9. The highest BCUT2D eigenvalue weighted by Gasteiger charge is 2.49. The Kier molecular flexibility index (Phi) is 5.57. The van der Waals surface area contributed by atoms with Gasteiger partial charge in [0.25, 0.3) is 0 Å². The summed E-state index contributed by atoms with van der Waals surface area (Å²) >= 11 is 3.00. The van der Waals surface area contributed by atoms with E-state index in [1.807, 2.05) is 4.90 Å². The van der Waals surface area contributed by atoms with Gasteiger partial charge in [0.2, 0.25) is 0 Å². The first-order valence-electron chi connectivity index (χ1n) is 11.8. The monoisotopic (exact) mass is 541 g/mol. The number of nitrogens with one attached hydrogen (secondary N) is 1. The third kappa shape index (κ3) is 3.53. The van der Waals surface area contributed by atoms with Crippen LogP contribution < -0.4 is 19.7 Å². The van der Waals surface area contributed by atoms with Crippen LogP contribution in [0.1, 0.15) is 32.1 Å². The second-order valence-electron chi connectivity index (χ2n) is 9.94. The molecule has 0 aliphatic carbocycles. The molecule has 2 aromatic rings. The molecule has 4 aliphatic rings. The van der Waals surface area contributed by atoms with Gasteiger partial charge in [0.05, 0.1) is 22.5 Å². The maximum Gasteiger partial charge on any atom is 0.319 e. The lowest BCUT2D eigenvalue weighted by atomic mass is 9.95. The van der Waals surface area contributed by atoms with Gasteiger partial charge in [0, 0.05) is 38.1 Å². The summed E-state index contributed by atoms with van der Waals surface area (Å²) in [4.78, 5) is 13.2. The molecule has 0 amide bonds. The van der Waals surface area contributed by atoms with Crippen LogP contribution in [0.4, 0.5) is 19.0 Å². The number of nitrogens with zero attached hydrogens (tertiary/aromatic N) is 4. The van der Waals surface area contributed by atoms with Crippen LogP contribution in [0.15, 0.2) is 4.47 Å². The molecule has 6 rings (SSSR count). The van der Waals surface area contributed by atoms with Gasteiger partial charge in [-0.05, 0) is 48.2 Å². The van der Waals surface area contributed by atoms with Crippen LogP contribution in [-0.4, -0.2) is 78.6 Å². The maximum atomic E-state index is 15.3. The molecule has 0 saturated carbocycles. The van der Waals surface area contributed by atoms with Gasteiger partial charge >= 0.3 is 6.01 Å². The molecule has 34 heavy (non-hydrogen) atoms. The molecule has 1 aromatic carbocycles. The lowest BCUT2D eigenvalue weighted by molar-refractivity contribution is 0.107. The number of alkyl halides is 1. The van der Waals surface area contributed by atoms with Crippen LogP contribution in [0.2, 0.25) is 0 Å². The van der Waals surface area contributed by atoms with Crippen LogP contribution in [0.3, 0.4) is 0 Å². The number of aromatic nitrogens is 2. The van der Waals surface area contributed by atoms with Crippen LogP contribution in [0, 0.1) is 11.6 Å². The normalized spacial score (nSPS) is 30.9. The topological polar surface area (TPSA) is 62.8 Å². The van der Waals surface area contributed by atoms with Crippen molar-refractivity contribution in [2.24, 2.45) is 0 Å². The van der Waals surface area contributed by atoms with Crippen LogP contribution in [0.25, 0.3) is 10.9 Å². The molecule has 5 heterocycles. The van der Waals surface area contributed by atoms with Gasteiger partial charge in [0.1, 0.15) is 24.1 Å². The molecule has 1 aromatic heterocycles. The largest absolute Gasteiger partial charge is 0.493 e. The second-order valence-corrected chi connectivity index (χ2v) is 10.7. The number of anilines is 1. The Balaban J connectivity index is 1.43. The van der Waals surface area contributed by atoms with Crippen LogP contribution >= 0.6 is 15.9 Å². The van der Waals surface area contributed by atoms with Crippen molar-refractivity contribution in [2.45, 2.75) is 55.9 Å². The number of ether oxygens (including phenoxy) is 2. The Morgan fingerprint density at radius 3 is 2.65 bits per heavy atom. The van der Waals surface area contributed by atoms with E-state index in [9.17, 15) is 8.78 Å². The van der Waals surface area contributed by atoms with Crippen molar-refractivity contribution in [1.29, 1.82) is 0 Å². The molecule has 2 bridgehead atoms. The Bertz CT molecular complexity index is 1130. The van der Waals surface area contributed by atoms with Gasteiger partial charge in [-0.25, -0.2) is 13.2 Å². The van der Waals surface area contributed by atoms with Crippen LogP contribution in [0.5, 0.6) is 11.8 Å². The number of fused-ring (bicyclic) bond motifs is 4. The third-order valence-electron chi connectivity index (χ3n) is 7.84. The summed E-state index contributed by atoms with van der Waals surface area (Å²) in [5.74, 6) is -1.36. The molecule has 11 heteroatoms. The Morgan fingerprint density at radius 2 is 1.91 bits per heavy atom.